The van der Waals surface area contributed by atoms with Crippen molar-refractivity contribution in [3.63, 3.8) is 0 Å². The highest BCUT2D eigenvalue weighted by Crippen LogP contribution is 2.21. The van der Waals surface area contributed by atoms with E-state index >= 15 is 0 Å². The summed E-state index contributed by atoms with van der Waals surface area (Å²) in [5, 5.41) is 2.88. The summed E-state index contributed by atoms with van der Waals surface area (Å²) < 4.78 is 5.12. The third-order valence-electron chi connectivity index (χ3n) is 4.55. The maximum absolute atomic E-state index is 12.7. The van der Waals surface area contributed by atoms with Crippen LogP contribution >= 0.6 is 0 Å². The lowest BCUT2D eigenvalue weighted by molar-refractivity contribution is -0.135. The Hall–Kier alpha value is -3.16. The first-order chi connectivity index (χ1) is 13.1. The predicted octanol–water partition coefficient (Wildman–Crippen LogP) is 1.55. The summed E-state index contributed by atoms with van der Waals surface area (Å²) in [7, 11) is 3.37. The number of nitrogens with one attached hydrogen (secondary N) is 1. The van der Waals surface area contributed by atoms with Gasteiger partial charge in [-0.15, -0.1) is 0 Å². The van der Waals surface area contributed by atoms with Crippen molar-refractivity contribution >= 4 is 23.3 Å². The number of rotatable bonds is 6. The summed E-state index contributed by atoms with van der Waals surface area (Å²) in [4.78, 5) is 37.0. The largest absolute Gasteiger partial charge is 0.497 e. The van der Waals surface area contributed by atoms with E-state index in [2.05, 4.69) is 15.3 Å². The third-order valence-corrected chi connectivity index (χ3v) is 4.55. The van der Waals surface area contributed by atoms with Gasteiger partial charge in [0.25, 0.3) is 0 Å². The minimum Gasteiger partial charge on any atom is -0.497 e. The topological polar surface area (TPSA) is 87.7 Å². The molecule has 1 aliphatic heterocycles. The van der Waals surface area contributed by atoms with Crippen LogP contribution in [0, 0.1) is 0 Å². The van der Waals surface area contributed by atoms with Crippen LogP contribution in [-0.4, -0.2) is 60.0 Å². The molecule has 8 heteroatoms. The second-order valence-corrected chi connectivity index (χ2v) is 6.38. The van der Waals surface area contributed by atoms with Crippen LogP contribution in [0.25, 0.3) is 0 Å². The molecular formula is C19H23N5O3. The van der Waals surface area contributed by atoms with E-state index in [0.29, 0.717) is 24.5 Å². The van der Waals surface area contributed by atoms with Gasteiger partial charge in [-0.3, -0.25) is 14.6 Å². The first-order valence-electron chi connectivity index (χ1n) is 8.80. The van der Waals surface area contributed by atoms with Gasteiger partial charge in [0.15, 0.2) is 0 Å². The summed E-state index contributed by atoms with van der Waals surface area (Å²) >= 11 is 0. The number of anilines is 2. The molecule has 1 aromatic carbocycles. The van der Waals surface area contributed by atoms with Crippen molar-refractivity contribution in [1.29, 1.82) is 0 Å². The molecule has 1 N–H and O–H groups in total. The number of hydrogen-bond donors (Lipinski definition) is 1. The minimum atomic E-state index is -0.463. The summed E-state index contributed by atoms with van der Waals surface area (Å²) in [6.07, 6.45) is 6.23. The molecule has 0 radical (unpaired) electrons. The number of aromatic nitrogens is 2. The lowest BCUT2D eigenvalue weighted by Crippen LogP contribution is -2.46. The average molecular weight is 369 g/mol. The van der Waals surface area contributed by atoms with E-state index in [4.69, 9.17) is 4.74 Å². The molecule has 1 aromatic heterocycles. The Morgan fingerprint density at radius 2 is 2.07 bits per heavy atom. The smallest absolute Gasteiger partial charge is 0.247 e. The molecule has 0 unspecified atom stereocenters. The zero-order valence-corrected chi connectivity index (χ0v) is 15.5. The summed E-state index contributed by atoms with van der Waals surface area (Å²) in [6, 6.07) is 6.65. The van der Waals surface area contributed by atoms with Crippen molar-refractivity contribution in [2.45, 2.75) is 18.9 Å². The number of amides is 2. The fraction of sp³-hybridized carbons (Fsp3) is 0.368. The molecule has 0 aliphatic carbocycles. The zero-order valence-electron chi connectivity index (χ0n) is 15.5. The molecule has 0 saturated carbocycles. The predicted molar refractivity (Wildman–Crippen MR) is 102 cm³/mol. The van der Waals surface area contributed by atoms with Gasteiger partial charge in [0.1, 0.15) is 17.6 Å². The standard InChI is InChI=1S/C19H23N5O3/c1-23(17-12-20-9-10-21-17)13-18(25)24-11-3-4-16(24)19(26)22-14-5-7-15(27-2)8-6-14/h5-10,12,16H,3-4,11,13H2,1-2H3,(H,22,26)/t16-/m1/s1. The third kappa shape index (κ3) is 4.52. The highest BCUT2D eigenvalue weighted by atomic mass is 16.5. The van der Waals surface area contributed by atoms with Gasteiger partial charge in [-0.05, 0) is 37.1 Å². The molecule has 8 nitrogen and oxygen atoms in total. The zero-order chi connectivity index (χ0) is 19.2. The van der Waals surface area contributed by atoms with E-state index in [9.17, 15) is 9.59 Å². The molecule has 2 aromatic rings. The number of likely N-dealkylation sites (N-methyl/N-ethyl adjacent to an activating group) is 1. The van der Waals surface area contributed by atoms with Crippen LogP contribution in [0.5, 0.6) is 5.75 Å². The van der Waals surface area contributed by atoms with E-state index in [0.717, 1.165) is 12.2 Å². The van der Waals surface area contributed by atoms with Crippen molar-refractivity contribution in [2.24, 2.45) is 0 Å². The number of nitrogens with zero attached hydrogens (tertiary/aromatic N) is 4. The molecule has 0 bridgehead atoms. The molecule has 3 rings (SSSR count). The number of methoxy groups -OCH3 is 1. The molecule has 1 atom stereocenters. The lowest BCUT2D eigenvalue weighted by atomic mass is 10.2. The fourth-order valence-corrected chi connectivity index (χ4v) is 3.10. The summed E-state index contributed by atoms with van der Waals surface area (Å²) in [6.45, 7) is 0.721. The Morgan fingerprint density at radius 1 is 1.30 bits per heavy atom. The molecular weight excluding hydrogens is 346 g/mol. The second-order valence-electron chi connectivity index (χ2n) is 6.38. The van der Waals surface area contributed by atoms with Crippen LogP contribution in [0.3, 0.4) is 0 Å². The quantitative estimate of drug-likeness (QED) is 0.831. The van der Waals surface area contributed by atoms with E-state index in [1.54, 1.807) is 66.8 Å². The number of likely N-dealkylation sites (tertiary alicyclic amines) is 1. The molecule has 27 heavy (non-hydrogen) atoms. The SMILES string of the molecule is COc1ccc(NC(=O)[C@H]2CCCN2C(=O)CN(C)c2cnccn2)cc1. The molecule has 2 heterocycles. The van der Waals surface area contributed by atoms with Crippen molar-refractivity contribution < 1.29 is 14.3 Å². The molecule has 0 spiro atoms. The Kier molecular flexibility index (Phi) is 5.85. The maximum Gasteiger partial charge on any atom is 0.247 e. The molecule has 2 amide bonds. The molecule has 142 valence electrons. The Balaban J connectivity index is 1.61. The van der Waals surface area contributed by atoms with Crippen molar-refractivity contribution in [3.8, 4) is 5.75 Å². The molecule has 1 fully saturated rings. The van der Waals surface area contributed by atoms with Crippen molar-refractivity contribution in [3.05, 3.63) is 42.9 Å². The van der Waals surface area contributed by atoms with Crippen LogP contribution < -0.4 is 15.0 Å². The Morgan fingerprint density at radius 3 is 2.74 bits per heavy atom. The van der Waals surface area contributed by atoms with E-state index in [1.165, 1.54) is 0 Å². The number of carbonyl (C=O) groups excluding carboxylic acids is 2. The van der Waals surface area contributed by atoms with Gasteiger partial charge in [-0.2, -0.15) is 0 Å². The van der Waals surface area contributed by atoms with Gasteiger partial charge in [-0.25, -0.2) is 4.98 Å². The van der Waals surface area contributed by atoms with Gasteiger partial charge in [0.05, 0.1) is 19.9 Å². The van der Waals surface area contributed by atoms with Gasteiger partial charge in [0.2, 0.25) is 11.8 Å². The monoisotopic (exact) mass is 369 g/mol. The van der Waals surface area contributed by atoms with E-state index < -0.39 is 6.04 Å². The van der Waals surface area contributed by atoms with Crippen LogP contribution in [0.4, 0.5) is 11.5 Å². The van der Waals surface area contributed by atoms with Gasteiger partial charge in [-0.1, -0.05) is 0 Å². The highest BCUT2D eigenvalue weighted by Gasteiger charge is 2.34. The number of ether oxygens (including phenoxy) is 1. The number of benzene rings is 1. The fourth-order valence-electron chi connectivity index (χ4n) is 3.10. The molecule has 1 aliphatic rings. The minimum absolute atomic E-state index is 0.101. The second kappa shape index (κ2) is 8.48. The van der Waals surface area contributed by atoms with Crippen LogP contribution in [0.2, 0.25) is 0 Å². The maximum atomic E-state index is 12.7. The molecule has 1 saturated heterocycles. The Labute approximate surface area is 158 Å². The van der Waals surface area contributed by atoms with E-state index in [1.807, 2.05) is 0 Å². The van der Waals surface area contributed by atoms with Crippen LogP contribution in [-0.2, 0) is 9.59 Å². The first-order valence-corrected chi connectivity index (χ1v) is 8.80. The lowest BCUT2D eigenvalue weighted by Gasteiger charge is -2.26. The van der Waals surface area contributed by atoms with Crippen LogP contribution in [0.1, 0.15) is 12.8 Å². The van der Waals surface area contributed by atoms with Gasteiger partial charge >= 0.3 is 0 Å². The van der Waals surface area contributed by atoms with E-state index in [-0.39, 0.29) is 18.4 Å². The van der Waals surface area contributed by atoms with Crippen molar-refractivity contribution in [2.75, 3.05) is 37.5 Å². The summed E-state index contributed by atoms with van der Waals surface area (Å²) in [5.41, 5.74) is 0.678. The van der Waals surface area contributed by atoms with Gasteiger partial charge < -0.3 is 19.9 Å². The van der Waals surface area contributed by atoms with Gasteiger partial charge in [0, 0.05) is 31.7 Å². The number of carbonyl (C=O) groups is 2. The summed E-state index contributed by atoms with van der Waals surface area (Å²) in [5.74, 6) is 1.06. The van der Waals surface area contributed by atoms with Crippen molar-refractivity contribution in [1.82, 2.24) is 14.9 Å². The first kappa shape index (κ1) is 18.6. The normalized spacial score (nSPS) is 16.1. The van der Waals surface area contributed by atoms with Crippen LogP contribution in [0.15, 0.2) is 42.9 Å². The number of hydrogen-bond acceptors (Lipinski definition) is 6. The average Bonchev–Trinajstić information content (AvgIpc) is 3.19. The highest BCUT2D eigenvalue weighted by molar-refractivity contribution is 5.98. The Bertz CT molecular complexity index is 782.